The number of methoxy groups -OCH3 is 1. The predicted octanol–water partition coefficient (Wildman–Crippen LogP) is 4.41. The van der Waals surface area contributed by atoms with E-state index in [2.05, 4.69) is 16.5 Å². The van der Waals surface area contributed by atoms with E-state index in [0.717, 1.165) is 34.7 Å². The van der Waals surface area contributed by atoms with Crippen molar-refractivity contribution in [2.45, 2.75) is 20.4 Å². The molecule has 5 nitrogen and oxygen atoms in total. The molecule has 0 saturated carbocycles. The lowest BCUT2D eigenvalue weighted by Gasteiger charge is -2.04. The zero-order chi connectivity index (χ0) is 18.5. The smallest absolute Gasteiger partial charge is 0.338 e. The molecule has 0 unspecified atom stereocenters. The largest absolute Gasteiger partial charge is 0.497 e. The Morgan fingerprint density at radius 3 is 2.54 bits per heavy atom. The van der Waals surface area contributed by atoms with Gasteiger partial charge in [-0.15, -0.1) is 0 Å². The molecule has 0 saturated heterocycles. The number of carbonyl (C=O) groups excluding carboxylic acids is 1. The van der Waals surface area contributed by atoms with Gasteiger partial charge in [0.25, 0.3) is 0 Å². The van der Waals surface area contributed by atoms with Gasteiger partial charge in [0.2, 0.25) is 0 Å². The maximum Gasteiger partial charge on any atom is 0.338 e. The van der Waals surface area contributed by atoms with Crippen LogP contribution >= 0.6 is 0 Å². The second kappa shape index (κ2) is 7.87. The Labute approximate surface area is 152 Å². The number of hydrogen-bond donors (Lipinski definition) is 0. The van der Waals surface area contributed by atoms with Gasteiger partial charge in [-0.2, -0.15) is 0 Å². The van der Waals surface area contributed by atoms with Crippen LogP contribution in [0, 0.1) is 0 Å². The van der Waals surface area contributed by atoms with Crippen LogP contribution in [-0.2, 0) is 11.3 Å². The summed E-state index contributed by atoms with van der Waals surface area (Å²) in [6.07, 6.45) is 3.99. The SMILES string of the molecule is CCOC(=O)c1ccc2c(c1)nc(C=Cc1ccc(OC)cc1)n2CC. The zero-order valence-electron chi connectivity index (χ0n) is 15.2. The van der Waals surface area contributed by atoms with Crippen molar-refractivity contribution in [3.63, 3.8) is 0 Å². The van der Waals surface area contributed by atoms with E-state index in [1.165, 1.54) is 0 Å². The minimum Gasteiger partial charge on any atom is -0.497 e. The highest BCUT2D eigenvalue weighted by Crippen LogP contribution is 2.21. The summed E-state index contributed by atoms with van der Waals surface area (Å²) in [5.74, 6) is 1.35. The van der Waals surface area contributed by atoms with Gasteiger partial charge in [-0.1, -0.05) is 18.2 Å². The van der Waals surface area contributed by atoms with Crippen molar-refractivity contribution >= 4 is 29.2 Å². The van der Waals surface area contributed by atoms with Crippen LogP contribution in [0.5, 0.6) is 5.75 Å². The zero-order valence-corrected chi connectivity index (χ0v) is 15.2. The number of aryl methyl sites for hydroxylation is 1. The monoisotopic (exact) mass is 350 g/mol. The Balaban J connectivity index is 1.94. The predicted molar refractivity (Wildman–Crippen MR) is 103 cm³/mol. The Morgan fingerprint density at radius 1 is 1.12 bits per heavy atom. The van der Waals surface area contributed by atoms with Crippen LogP contribution in [0.4, 0.5) is 0 Å². The summed E-state index contributed by atoms with van der Waals surface area (Å²) in [5.41, 5.74) is 3.36. The fourth-order valence-corrected chi connectivity index (χ4v) is 2.84. The first-order chi connectivity index (χ1) is 12.7. The number of ether oxygens (including phenoxy) is 2. The van der Waals surface area contributed by atoms with Crippen molar-refractivity contribution in [1.29, 1.82) is 0 Å². The van der Waals surface area contributed by atoms with Crippen molar-refractivity contribution < 1.29 is 14.3 Å². The fourth-order valence-electron chi connectivity index (χ4n) is 2.84. The lowest BCUT2D eigenvalue weighted by Crippen LogP contribution is -2.04. The average Bonchev–Trinajstić information content (AvgIpc) is 3.03. The number of imidazole rings is 1. The van der Waals surface area contributed by atoms with Gasteiger partial charge in [-0.3, -0.25) is 0 Å². The van der Waals surface area contributed by atoms with Gasteiger partial charge in [-0.05, 0) is 55.8 Å². The second-order valence-corrected chi connectivity index (χ2v) is 5.74. The first kappa shape index (κ1) is 17.7. The third-order valence-electron chi connectivity index (χ3n) is 4.15. The van der Waals surface area contributed by atoms with Crippen molar-refractivity contribution in [3.05, 3.63) is 59.4 Å². The molecule has 0 bridgehead atoms. The van der Waals surface area contributed by atoms with E-state index in [0.29, 0.717) is 12.2 Å². The third kappa shape index (κ3) is 3.61. The number of nitrogens with zero attached hydrogens (tertiary/aromatic N) is 2. The molecule has 0 N–H and O–H groups in total. The molecule has 0 aliphatic heterocycles. The maximum atomic E-state index is 11.9. The Bertz CT molecular complexity index is 940. The molecule has 0 aliphatic carbocycles. The number of esters is 1. The number of carbonyl (C=O) groups is 1. The third-order valence-corrected chi connectivity index (χ3v) is 4.15. The van der Waals surface area contributed by atoms with Crippen molar-refractivity contribution in [2.75, 3.05) is 13.7 Å². The summed E-state index contributed by atoms with van der Waals surface area (Å²) in [5, 5.41) is 0. The van der Waals surface area contributed by atoms with Crippen LogP contribution < -0.4 is 4.74 Å². The van der Waals surface area contributed by atoms with Crippen LogP contribution in [0.2, 0.25) is 0 Å². The standard InChI is InChI=1S/C21H22N2O3/c1-4-23-19-12-9-16(21(24)26-5-2)14-18(19)22-20(23)13-8-15-6-10-17(25-3)11-7-15/h6-14H,4-5H2,1-3H3. The maximum absolute atomic E-state index is 11.9. The van der Waals surface area contributed by atoms with Gasteiger partial charge < -0.3 is 14.0 Å². The van der Waals surface area contributed by atoms with E-state index in [9.17, 15) is 4.79 Å². The molecule has 0 atom stereocenters. The lowest BCUT2D eigenvalue weighted by atomic mass is 10.2. The molecule has 0 amide bonds. The van der Waals surface area contributed by atoms with Gasteiger partial charge in [-0.25, -0.2) is 9.78 Å². The van der Waals surface area contributed by atoms with E-state index in [1.54, 1.807) is 26.2 Å². The van der Waals surface area contributed by atoms with Gasteiger partial charge in [0, 0.05) is 6.54 Å². The van der Waals surface area contributed by atoms with Crippen LogP contribution in [0.25, 0.3) is 23.2 Å². The molecule has 1 heterocycles. The van der Waals surface area contributed by atoms with Crippen molar-refractivity contribution in [2.24, 2.45) is 0 Å². The van der Waals surface area contributed by atoms with Crippen LogP contribution in [-0.4, -0.2) is 29.2 Å². The van der Waals surface area contributed by atoms with Crippen molar-refractivity contribution in [1.82, 2.24) is 9.55 Å². The molecular formula is C21H22N2O3. The Hall–Kier alpha value is -3.08. The second-order valence-electron chi connectivity index (χ2n) is 5.74. The normalized spacial score (nSPS) is 11.2. The van der Waals surface area contributed by atoms with Gasteiger partial charge in [0.05, 0.1) is 30.3 Å². The molecule has 0 radical (unpaired) electrons. The number of hydrogen-bond acceptors (Lipinski definition) is 4. The molecule has 3 aromatic rings. The van der Waals surface area contributed by atoms with E-state index in [1.807, 2.05) is 42.5 Å². The molecule has 26 heavy (non-hydrogen) atoms. The molecular weight excluding hydrogens is 328 g/mol. The van der Waals surface area contributed by atoms with E-state index in [4.69, 9.17) is 9.47 Å². The molecule has 0 fully saturated rings. The number of aromatic nitrogens is 2. The summed E-state index contributed by atoms with van der Waals surface area (Å²) in [7, 11) is 1.65. The molecule has 0 spiro atoms. The fraction of sp³-hybridized carbons (Fsp3) is 0.238. The van der Waals surface area contributed by atoms with Crippen LogP contribution in [0.3, 0.4) is 0 Å². The molecule has 0 aliphatic rings. The minimum atomic E-state index is -0.323. The highest BCUT2D eigenvalue weighted by molar-refractivity contribution is 5.94. The average molecular weight is 350 g/mol. The van der Waals surface area contributed by atoms with Gasteiger partial charge >= 0.3 is 5.97 Å². The molecule has 134 valence electrons. The quantitative estimate of drug-likeness (QED) is 0.618. The molecule has 2 aromatic carbocycles. The number of rotatable bonds is 6. The molecule has 5 heteroatoms. The van der Waals surface area contributed by atoms with E-state index >= 15 is 0 Å². The topological polar surface area (TPSA) is 53.4 Å². The van der Waals surface area contributed by atoms with Gasteiger partial charge in [0.15, 0.2) is 0 Å². The number of fused-ring (bicyclic) bond motifs is 1. The summed E-state index contributed by atoms with van der Waals surface area (Å²) in [4.78, 5) is 16.6. The minimum absolute atomic E-state index is 0.323. The van der Waals surface area contributed by atoms with Gasteiger partial charge in [0.1, 0.15) is 11.6 Å². The highest BCUT2D eigenvalue weighted by atomic mass is 16.5. The molecule has 3 rings (SSSR count). The van der Waals surface area contributed by atoms with Crippen molar-refractivity contribution in [3.8, 4) is 5.75 Å². The highest BCUT2D eigenvalue weighted by Gasteiger charge is 2.12. The summed E-state index contributed by atoms with van der Waals surface area (Å²) in [6, 6.07) is 13.3. The van der Waals surface area contributed by atoms with Crippen LogP contribution in [0.1, 0.15) is 35.6 Å². The van der Waals surface area contributed by atoms with E-state index in [-0.39, 0.29) is 5.97 Å². The number of benzene rings is 2. The van der Waals surface area contributed by atoms with E-state index < -0.39 is 0 Å². The first-order valence-electron chi connectivity index (χ1n) is 8.65. The first-order valence-corrected chi connectivity index (χ1v) is 8.65. The molecule has 1 aromatic heterocycles. The van der Waals surface area contributed by atoms with Crippen LogP contribution in [0.15, 0.2) is 42.5 Å². The summed E-state index contributed by atoms with van der Waals surface area (Å²) < 4.78 is 12.4. The Kier molecular flexibility index (Phi) is 5.37. The lowest BCUT2D eigenvalue weighted by molar-refractivity contribution is 0.0526. The summed E-state index contributed by atoms with van der Waals surface area (Å²) in [6.45, 7) is 5.02. The summed E-state index contributed by atoms with van der Waals surface area (Å²) >= 11 is 0. The Morgan fingerprint density at radius 2 is 1.88 bits per heavy atom.